The molecule has 3 heterocycles. The van der Waals surface area contributed by atoms with Crippen molar-refractivity contribution in [1.82, 2.24) is 14.6 Å². The topological polar surface area (TPSA) is 135 Å². The molecule has 0 amide bonds. The molecule has 41 heavy (non-hydrogen) atoms. The van der Waals surface area contributed by atoms with Crippen molar-refractivity contribution in [2.45, 2.75) is 0 Å². The minimum atomic E-state index is -0.544. The highest BCUT2D eigenvalue weighted by atomic mass is 79.9. The third-order valence-electron chi connectivity index (χ3n) is 6.11. The van der Waals surface area contributed by atoms with Crippen molar-refractivity contribution in [2.24, 2.45) is 5.10 Å². The molecule has 0 aliphatic carbocycles. The van der Waals surface area contributed by atoms with Crippen molar-refractivity contribution in [3.63, 3.8) is 0 Å². The zero-order valence-corrected chi connectivity index (χ0v) is 22.8. The molecule has 0 saturated heterocycles. The molecule has 0 bridgehead atoms. The fraction of sp³-hybridized carbons (Fsp3) is 0.0345. The summed E-state index contributed by atoms with van der Waals surface area (Å²) in [6, 6.07) is 22.4. The standard InChI is InChI=1S/C29H18BrN5O6/c1-39-24-13-17(12-21(30)27(24)41-26-11-10-19(16-31-26)35(37)38)15-32-34-28(25-14-18-6-2-5-9-23(18)40-25)33-22-8-4-3-7-20(22)29(34)36/h2-16H,1H3. The first kappa shape index (κ1) is 25.9. The largest absolute Gasteiger partial charge is 0.493 e. The molecule has 202 valence electrons. The van der Waals surface area contributed by atoms with Crippen LogP contribution < -0.4 is 15.0 Å². The van der Waals surface area contributed by atoms with Gasteiger partial charge in [-0.3, -0.25) is 14.9 Å². The fourth-order valence-electron chi connectivity index (χ4n) is 4.17. The van der Waals surface area contributed by atoms with Crippen molar-refractivity contribution in [2.75, 3.05) is 7.11 Å². The molecular formula is C29H18BrN5O6. The van der Waals surface area contributed by atoms with Crippen LogP contribution in [0.3, 0.4) is 0 Å². The van der Waals surface area contributed by atoms with Crippen molar-refractivity contribution in [3.05, 3.63) is 116 Å². The minimum Gasteiger partial charge on any atom is -0.493 e. The number of hydrogen-bond donors (Lipinski definition) is 0. The Bertz CT molecular complexity index is 2000. The number of ether oxygens (including phenoxy) is 2. The maximum absolute atomic E-state index is 13.5. The smallest absolute Gasteiger partial charge is 0.287 e. The van der Waals surface area contributed by atoms with Crippen LogP contribution in [0.15, 0.2) is 104 Å². The molecule has 0 spiro atoms. The van der Waals surface area contributed by atoms with Crippen LogP contribution in [0.5, 0.6) is 17.4 Å². The van der Waals surface area contributed by atoms with Gasteiger partial charge in [-0.2, -0.15) is 9.78 Å². The van der Waals surface area contributed by atoms with E-state index in [1.807, 2.05) is 36.4 Å². The highest BCUT2D eigenvalue weighted by Crippen LogP contribution is 2.39. The Morgan fingerprint density at radius 1 is 1.07 bits per heavy atom. The Kier molecular flexibility index (Phi) is 6.73. The molecule has 6 rings (SSSR count). The summed E-state index contributed by atoms with van der Waals surface area (Å²) < 4.78 is 19.1. The molecule has 0 fully saturated rings. The molecule has 11 nitrogen and oxygen atoms in total. The van der Waals surface area contributed by atoms with Gasteiger partial charge in [-0.05, 0) is 57.9 Å². The number of hydrogen-bond acceptors (Lipinski definition) is 9. The maximum Gasteiger partial charge on any atom is 0.287 e. The first-order valence-electron chi connectivity index (χ1n) is 12.1. The molecule has 3 aromatic heterocycles. The Morgan fingerprint density at radius 2 is 1.88 bits per heavy atom. The van der Waals surface area contributed by atoms with Gasteiger partial charge in [-0.25, -0.2) is 9.97 Å². The summed E-state index contributed by atoms with van der Waals surface area (Å²) in [6.45, 7) is 0. The minimum absolute atomic E-state index is 0.139. The van der Waals surface area contributed by atoms with Crippen LogP contribution in [0.25, 0.3) is 33.5 Å². The van der Waals surface area contributed by atoms with Gasteiger partial charge in [0.1, 0.15) is 11.8 Å². The summed E-state index contributed by atoms with van der Waals surface area (Å²) in [5, 5.41) is 16.7. The van der Waals surface area contributed by atoms with Crippen LogP contribution >= 0.6 is 15.9 Å². The van der Waals surface area contributed by atoms with Gasteiger partial charge in [0.15, 0.2) is 17.3 Å². The van der Waals surface area contributed by atoms with Crippen LogP contribution in [0.1, 0.15) is 5.56 Å². The van der Waals surface area contributed by atoms with E-state index < -0.39 is 4.92 Å². The van der Waals surface area contributed by atoms with E-state index in [-0.39, 0.29) is 23.0 Å². The average Bonchev–Trinajstić information content (AvgIpc) is 3.42. The molecule has 0 atom stereocenters. The van der Waals surface area contributed by atoms with Crippen LogP contribution in [-0.2, 0) is 0 Å². The number of pyridine rings is 1. The number of furan rings is 1. The number of methoxy groups -OCH3 is 1. The van der Waals surface area contributed by atoms with Crippen molar-refractivity contribution in [1.29, 1.82) is 0 Å². The second-order valence-corrected chi connectivity index (χ2v) is 9.56. The molecule has 0 radical (unpaired) electrons. The number of aromatic nitrogens is 3. The third kappa shape index (κ3) is 5.03. The van der Waals surface area contributed by atoms with Crippen molar-refractivity contribution < 1.29 is 18.8 Å². The summed E-state index contributed by atoms with van der Waals surface area (Å²) in [6.07, 6.45) is 2.59. The van der Waals surface area contributed by atoms with E-state index in [0.29, 0.717) is 43.8 Å². The Hall–Kier alpha value is -5.36. The van der Waals surface area contributed by atoms with Gasteiger partial charge >= 0.3 is 0 Å². The zero-order chi connectivity index (χ0) is 28.5. The van der Waals surface area contributed by atoms with E-state index >= 15 is 0 Å². The molecule has 3 aromatic carbocycles. The molecule has 12 heteroatoms. The van der Waals surface area contributed by atoms with E-state index in [9.17, 15) is 14.9 Å². The highest BCUT2D eigenvalue weighted by molar-refractivity contribution is 9.10. The Labute approximate surface area is 239 Å². The number of benzene rings is 3. The van der Waals surface area contributed by atoms with Gasteiger partial charge in [0.05, 0.1) is 33.6 Å². The first-order chi connectivity index (χ1) is 19.9. The van der Waals surface area contributed by atoms with E-state index in [1.165, 1.54) is 30.1 Å². The second kappa shape index (κ2) is 10.7. The van der Waals surface area contributed by atoms with Gasteiger partial charge in [-0.15, -0.1) is 0 Å². The number of halogens is 1. The summed E-state index contributed by atoms with van der Waals surface area (Å²) in [4.78, 5) is 32.6. The normalized spacial score (nSPS) is 11.4. The molecule has 0 unspecified atom stereocenters. The van der Waals surface area contributed by atoms with Crippen LogP contribution in [0, 0.1) is 10.1 Å². The Morgan fingerprint density at radius 3 is 2.63 bits per heavy atom. The third-order valence-corrected chi connectivity index (χ3v) is 6.70. The summed E-state index contributed by atoms with van der Waals surface area (Å²) in [7, 11) is 1.47. The van der Waals surface area contributed by atoms with Gasteiger partial charge in [0.2, 0.25) is 11.7 Å². The maximum atomic E-state index is 13.5. The quantitative estimate of drug-likeness (QED) is 0.112. The number of fused-ring (bicyclic) bond motifs is 2. The van der Waals surface area contributed by atoms with E-state index in [4.69, 9.17) is 18.9 Å². The van der Waals surface area contributed by atoms with Crippen LogP contribution in [0.2, 0.25) is 0 Å². The number of nitrogens with zero attached hydrogens (tertiary/aromatic N) is 5. The lowest BCUT2D eigenvalue weighted by Gasteiger charge is -2.12. The summed E-state index contributed by atoms with van der Waals surface area (Å²) in [5.74, 6) is 1.42. The van der Waals surface area contributed by atoms with Crippen LogP contribution in [0.4, 0.5) is 5.69 Å². The number of nitro groups is 1. The molecule has 0 N–H and O–H groups in total. The molecule has 0 saturated carbocycles. The zero-order valence-electron chi connectivity index (χ0n) is 21.2. The monoisotopic (exact) mass is 611 g/mol. The molecule has 0 aliphatic rings. The number of para-hydroxylation sites is 2. The van der Waals surface area contributed by atoms with Crippen molar-refractivity contribution >= 4 is 49.7 Å². The number of rotatable bonds is 7. The predicted octanol–water partition coefficient (Wildman–Crippen LogP) is 6.56. The van der Waals surface area contributed by atoms with E-state index in [0.717, 1.165) is 11.6 Å². The average molecular weight is 612 g/mol. The molecular weight excluding hydrogens is 594 g/mol. The van der Waals surface area contributed by atoms with Gasteiger partial charge in [0.25, 0.3) is 11.2 Å². The fourth-order valence-corrected chi connectivity index (χ4v) is 4.71. The SMILES string of the molecule is COc1cc(C=Nn2c(-c3cc4ccccc4o3)nc3ccccc3c2=O)cc(Br)c1Oc1ccc([N+](=O)[O-])cn1. The second-order valence-electron chi connectivity index (χ2n) is 8.71. The molecule has 0 aliphatic heterocycles. The van der Waals surface area contributed by atoms with Crippen LogP contribution in [-0.4, -0.2) is 32.9 Å². The lowest BCUT2D eigenvalue weighted by atomic mass is 10.2. The van der Waals surface area contributed by atoms with Gasteiger partial charge < -0.3 is 13.9 Å². The Balaban J connectivity index is 1.40. The van der Waals surface area contributed by atoms with Gasteiger partial charge in [0, 0.05) is 17.5 Å². The van der Waals surface area contributed by atoms with E-state index in [1.54, 1.807) is 30.3 Å². The predicted molar refractivity (Wildman–Crippen MR) is 156 cm³/mol. The van der Waals surface area contributed by atoms with Crippen molar-refractivity contribution in [3.8, 4) is 29.0 Å². The molecule has 6 aromatic rings. The summed E-state index contributed by atoms with van der Waals surface area (Å²) >= 11 is 3.48. The lowest BCUT2D eigenvalue weighted by Crippen LogP contribution is -2.20. The first-order valence-corrected chi connectivity index (χ1v) is 12.9. The highest BCUT2D eigenvalue weighted by Gasteiger charge is 2.18. The summed E-state index contributed by atoms with van der Waals surface area (Å²) in [5.41, 5.74) is 1.23. The van der Waals surface area contributed by atoms with E-state index in [2.05, 4.69) is 26.0 Å². The van der Waals surface area contributed by atoms with Gasteiger partial charge in [-0.1, -0.05) is 30.3 Å². The lowest BCUT2D eigenvalue weighted by molar-refractivity contribution is -0.385.